The van der Waals surface area contributed by atoms with Crippen LogP contribution in [0.2, 0.25) is 0 Å². The molecule has 1 aliphatic heterocycles. The number of amides is 2. The van der Waals surface area contributed by atoms with Gasteiger partial charge in [-0.2, -0.15) is 0 Å². The lowest BCUT2D eigenvalue weighted by atomic mass is 9.83. The van der Waals surface area contributed by atoms with Crippen molar-refractivity contribution in [3.05, 3.63) is 0 Å². The second kappa shape index (κ2) is 6.80. The van der Waals surface area contributed by atoms with Gasteiger partial charge in [-0.05, 0) is 37.5 Å². The molecule has 0 spiro atoms. The van der Waals surface area contributed by atoms with Gasteiger partial charge in [0, 0.05) is 19.5 Å². The number of hydrogen-bond donors (Lipinski definition) is 1. The Morgan fingerprint density at radius 3 is 2.33 bits per heavy atom. The minimum absolute atomic E-state index is 0.0628. The van der Waals surface area contributed by atoms with Crippen LogP contribution >= 0.6 is 0 Å². The molecule has 2 saturated carbocycles. The number of hydrogen-bond acceptors (Lipinski definition) is 2. The summed E-state index contributed by atoms with van der Waals surface area (Å²) in [5.74, 6) is 1.28. The SMILES string of the molecule is O=C1CCN(CC2CCCC2)C(=O)C(C2CCCCC2)N1. The zero-order chi connectivity index (χ0) is 14.7. The van der Waals surface area contributed by atoms with Crippen molar-refractivity contribution in [3.8, 4) is 0 Å². The van der Waals surface area contributed by atoms with Crippen LogP contribution in [0.3, 0.4) is 0 Å². The fourth-order valence-electron chi connectivity index (χ4n) is 4.32. The minimum atomic E-state index is -0.248. The highest BCUT2D eigenvalue weighted by molar-refractivity contribution is 5.90. The summed E-state index contributed by atoms with van der Waals surface area (Å²) in [6, 6.07) is -0.248. The molecule has 0 aromatic carbocycles. The molecule has 0 aromatic rings. The molecular weight excluding hydrogens is 264 g/mol. The summed E-state index contributed by atoms with van der Waals surface area (Å²) in [7, 11) is 0. The van der Waals surface area contributed by atoms with E-state index in [0.717, 1.165) is 19.4 Å². The average molecular weight is 292 g/mol. The van der Waals surface area contributed by atoms with Gasteiger partial charge in [-0.25, -0.2) is 0 Å². The van der Waals surface area contributed by atoms with Gasteiger partial charge >= 0.3 is 0 Å². The molecule has 1 N–H and O–H groups in total. The lowest BCUT2D eigenvalue weighted by molar-refractivity contribution is -0.136. The fraction of sp³-hybridized carbons (Fsp3) is 0.882. The monoisotopic (exact) mass is 292 g/mol. The molecule has 1 atom stereocenters. The van der Waals surface area contributed by atoms with Crippen molar-refractivity contribution < 1.29 is 9.59 Å². The minimum Gasteiger partial charge on any atom is -0.344 e. The van der Waals surface area contributed by atoms with Gasteiger partial charge in [-0.3, -0.25) is 9.59 Å². The van der Waals surface area contributed by atoms with Crippen LogP contribution in [0.25, 0.3) is 0 Å². The second-order valence-corrected chi connectivity index (χ2v) is 7.13. The summed E-state index contributed by atoms with van der Waals surface area (Å²) in [5, 5.41) is 3.02. The van der Waals surface area contributed by atoms with E-state index in [0.29, 0.717) is 24.8 Å². The summed E-state index contributed by atoms with van der Waals surface area (Å²) >= 11 is 0. The van der Waals surface area contributed by atoms with E-state index in [2.05, 4.69) is 5.32 Å². The predicted octanol–water partition coefficient (Wildman–Crippen LogP) is 2.47. The van der Waals surface area contributed by atoms with Crippen LogP contribution in [0, 0.1) is 11.8 Å². The molecule has 3 fully saturated rings. The Balaban J connectivity index is 1.68. The van der Waals surface area contributed by atoms with Crippen LogP contribution in [0.4, 0.5) is 0 Å². The van der Waals surface area contributed by atoms with Gasteiger partial charge in [0.1, 0.15) is 6.04 Å². The molecule has 2 aliphatic carbocycles. The largest absolute Gasteiger partial charge is 0.344 e. The molecule has 0 radical (unpaired) electrons. The maximum Gasteiger partial charge on any atom is 0.245 e. The topological polar surface area (TPSA) is 49.4 Å². The first-order valence-corrected chi connectivity index (χ1v) is 8.82. The normalized spacial score (nSPS) is 29.5. The Bertz CT molecular complexity index is 384. The number of nitrogens with one attached hydrogen (secondary N) is 1. The lowest BCUT2D eigenvalue weighted by Crippen LogP contribution is -2.50. The van der Waals surface area contributed by atoms with Gasteiger partial charge in [0.25, 0.3) is 0 Å². The van der Waals surface area contributed by atoms with Gasteiger partial charge in [-0.15, -0.1) is 0 Å². The standard InChI is InChI=1S/C17H28N2O2/c20-15-10-11-19(12-13-6-4-5-7-13)17(21)16(18-15)14-8-2-1-3-9-14/h13-14,16H,1-12H2,(H,18,20). The van der Waals surface area contributed by atoms with Crippen LogP contribution in [-0.2, 0) is 9.59 Å². The third-order valence-corrected chi connectivity index (χ3v) is 5.58. The van der Waals surface area contributed by atoms with Crippen molar-refractivity contribution in [2.75, 3.05) is 13.1 Å². The van der Waals surface area contributed by atoms with E-state index in [1.807, 2.05) is 4.90 Å². The fourth-order valence-corrected chi connectivity index (χ4v) is 4.32. The summed E-state index contributed by atoms with van der Waals surface area (Å²) in [5.41, 5.74) is 0. The maximum atomic E-state index is 12.9. The molecule has 2 amide bonds. The van der Waals surface area contributed by atoms with Crippen molar-refractivity contribution in [2.45, 2.75) is 70.3 Å². The number of rotatable bonds is 3. The van der Waals surface area contributed by atoms with Crippen molar-refractivity contribution in [1.29, 1.82) is 0 Å². The first-order valence-electron chi connectivity index (χ1n) is 8.82. The smallest absolute Gasteiger partial charge is 0.245 e. The molecule has 118 valence electrons. The Morgan fingerprint density at radius 1 is 0.952 bits per heavy atom. The van der Waals surface area contributed by atoms with E-state index >= 15 is 0 Å². The Hall–Kier alpha value is -1.06. The Labute approximate surface area is 127 Å². The Kier molecular flexibility index (Phi) is 4.81. The van der Waals surface area contributed by atoms with Gasteiger partial charge < -0.3 is 10.2 Å². The first kappa shape index (κ1) is 14.9. The van der Waals surface area contributed by atoms with Crippen molar-refractivity contribution in [3.63, 3.8) is 0 Å². The molecular formula is C17H28N2O2. The molecule has 1 saturated heterocycles. The Morgan fingerprint density at radius 2 is 1.62 bits per heavy atom. The molecule has 3 rings (SSSR count). The molecule has 3 aliphatic rings. The quantitative estimate of drug-likeness (QED) is 0.868. The summed E-state index contributed by atoms with van der Waals surface area (Å²) < 4.78 is 0. The highest BCUT2D eigenvalue weighted by atomic mass is 16.2. The zero-order valence-electron chi connectivity index (χ0n) is 13.0. The predicted molar refractivity (Wildman–Crippen MR) is 81.7 cm³/mol. The van der Waals surface area contributed by atoms with Crippen LogP contribution in [-0.4, -0.2) is 35.8 Å². The van der Waals surface area contributed by atoms with Crippen LogP contribution in [0.5, 0.6) is 0 Å². The van der Waals surface area contributed by atoms with E-state index in [4.69, 9.17) is 0 Å². The number of carbonyl (C=O) groups excluding carboxylic acids is 2. The average Bonchev–Trinajstić information content (AvgIpc) is 2.97. The van der Waals surface area contributed by atoms with Crippen molar-refractivity contribution in [1.82, 2.24) is 10.2 Å². The third-order valence-electron chi connectivity index (χ3n) is 5.58. The zero-order valence-corrected chi connectivity index (χ0v) is 13.0. The summed E-state index contributed by atoms with van der Waals surface area (Å²) in [4.78, 5) is 26.9. The molecule has 21 heavy (non-hydrogen) atoms. The summed E-state index contributed by atoms with van der Waals surface area (Å²) in [6.07, 6.45) is 11.4. The van der Waals surface area contributed by atoms with Crippen LogP contribution in [0.1, 0.15) is 64.2 Å². The third kappa shape index (κ3) is 3.58. The van der Waals surface area contributed by atoms with E-state index in [9.17, 15) is 9.59 Å². The lowest BCUT2D eigenvalue weighted by Gasteiger charge is -2.32. The van der Waals surface area contributed by atoms with Gasteiger partial charge in [0.2, 0.25) is 11.8 Å². The van der Waals surface area contributed by atoms with E-state index in [1.54, 1.807) is 0 Å². The summed E-state index contributed by atoms with van der Waals surface area (Å²) in [6.45, 7) is 1.49. The van der Waals surface area contributed by atoms with Gasteiger partial charge in [0.15, 0.2) is 0 Å². The van der Waals surface area contributed by atoms with E-state index in [-0.39, 0.29) is 17.9 Å². The highest BCUT2D eigenvalue weighted by Crippen LogP contribution is 2.30. The van der Waals surface area contributed by atoms with Crippen molar-refractivity contribution in [2.24, 2.45) is 11.8 Å². The molecule has 0 aromatic heterocycles. The highest BCUT2D eigenvalue weighted by Gasteiger charge is 2.36. The number of carbonyl (C=O) groups is 2. The van der Waals surface area contributed by atoms with Gasteiger partial charge in [0.05, 0.1) is 0 Å². The van der Waals surface area contributed by atoms with E-state index in [1.165, 1.54) is 44.9 Å². The second-order valence-electron chi connectivity index (χ2n) is 7.13. The molecule has 1 unspecified atom stereocenters. The van der Waals surface area contributed by atoms with Gasteiger partial charge in [-0.1, -0.05) is 32.1 Å². The number of nitrogens with zero attached hydrogens (tertiary/aromatic N) is 1. The first-order chi connectivity index (χ1) is 10.2. The molecule has 0 bridgehead atoms. The van der Waals surface area contributed by atoms with Crippen LogP contribution in [0.15, 0.2) is 0 Å². The molecule has 1 heterocycles. The van der Waals surface area contributed by atoms with E-state index < -0.39 is 0 Å². The maximum absolute atomic E-state index is 12.9. The molecule has 4 heteroatoms. The van der Waals surface area contributed by atoms with Crippen LogP contribution < -0.4 is 5.32 Å². The van der Waals surface area contributed by atoms with Crippen molar-refractivity contribution >= 4 is 11.8 Å². The molecule has 4 nitrogen and oxygen atoms in total.